The molecule has 2 saturated heterocycles. The average Bonchev–Trinajstić information content (AvgIpc) is 3.25. The van der Waals surface area contributed by atoms with Crippen LogP contribution in [-0.2, 0) is 4.79 Å². The van der Waals surface area contributed by atoms with Gasteiger partial charge in [0.05, 0.1) is 12.7 Å². The molecule has 3 rings (SSSR count). The van der Waals surface area contributed by atoms with Crippen molar-refractivity contribution in [2.75, 3.05) is 26.2 Å². The Morgan fingerprint density at radius 1 is 1.38 bits per heavy atom. The van der Waals surface area contributed by atoms with Crippen LogP contribution in [0.2, 0.25) is 0 Å². The number of urea groups is 1. The van der Waals surface area contributed by atoms with Crippen molar-refractivity contribution in [2.45, 2.75) is 38.3 Å². The summed E-state index contributed by atoms with van der Waals surface area (Å²) in [7, 11) is 0. The van der Waals surface area contributed by atoms with Crippen LogP contribution >= 0.6 is 0 Å². The van der Waals surface area contributed by atoms with Crippen LogP contribution in [0.1, 0.15) is 26.2 Å². The number of carbonyl (C=O) groups excluding carboxylic acids is 2. The first-order valence-corrected chi connectivity index (χ1v) is 8.59. The molecular weight excluding hydrogens is 308 g/mol. The van der Waals surface area contributed by atoms with E-state index in [2.05, 4.69) is 10.3 Å². The van der Waals surface area contributed by atoms with E-state index in [-0.39, 0.29) is 18.0 Å². The molecule has 24 heavy (non-hydrogen) atoms. The van der Waals surface area contributed by atoms with Gasteiger partial charge in [0.15, 0.2) is 0 Å². The lowest BCUT2D eigenvalue weighted by Crippen LogP contribution is -2.50. The molecule has 0 spiro atoms. The van der Waals surface area contributed by atoms with Gasteiger partial charge in [-0.15, -0.1) is 0 Å². The van der Waals surface area contributed by atoms with Crippen molar-refractivity contribution >= 4 is 11.9 Å². The van der Waals surface area contributed by atoms with E-state index < -0.39 is 6.04 Å². The van der Waals surface area contributed by atoms with E-state index in [0.29, 0.717) is 25.3 Å². The zero-order valence-corrected chi connectivity index (χ0v) is 14.0. The van der Waals surface area contributed by atoms with Gasteiger partial charge in [-0.3, -0.25) is 9.78 Å². The maximum absolute atomic E-state index is 12.8. The second kappa shape index (κ2) is 7.51. The number of ether oxygens (including phenoxy) is 1. The topological polar surface area (TPSA) is 74.8 Å². The summed E-state index contributed by atoms with van der Waals surface area (Å²) in [5.41, 5.74) is 0. The van der Waals surface area contributed by atoms with Crippen LogP contribution in [-0.4, -0.2) is 65.0 Å². The number of nitrogens with one attached hydrogen (secondary N) is 1. The van der Waals surface area contributed by atoms with Gasteiger partial charge >= 0.3 is 6.03 Å². The monoisotopic (exact) mass is 332 g/mol. The predicted molar refractivity (Wildman–Crippen MR) is 88.7 cm³/mol. The Hall–Kier alpha value is -2.31. The summed E-state index contributed by atoms with van der Waals surface area (Å²) in [6.07, 6.45) is 5.72. The molecule has 7 heteroatoms. The summed E-state index contributed by atoms with van der Waals surface area (Å²) in [5.74, 6) is 0.698. The standard InChI is InChI=1S/C17H24N4O3/c1-2-19-17(23)21-12-14(24-13-6-5-7-18-11-13)10-15(21)16(22)20-8-3-4-9-20/h5-7,11,14-15H,2-4,8-10,12H2,1H3,(H,19,23)/t14-,15-/m0/s1. The van der Waals surface area contributed by atoms with E-state index in [1.54, 1.807) is 23.4 Å². The minimum Gasteiger partial charge on any atom is -0.487 e. The Labute approximate surface area is 142 Å². The quantitative estimate of drug-likeness (QED) is 0.901. The lowest BCUT2D eigenvalue weighted by atomic mass is 10.1. The summed E-state index contributed by atoms with van der Waals surface area (Å²) in [6.45, 7) is 4.38. The number of pyridine rings is 1. The van der Waals surface area contributed by atoms with E-state index in [1.165, 1.54) is 0 Å². The summed E-state index contributed by atoms with van der Waals surface area (Å²) in [6, 6.07) is 2.99. The Bertz CT molecular complexity index is 574. The van der Waals surface area contributed by atoms with Gasteiger partial charge in [-0.1, -0.05) is 0 Å². The van der Waals surface area contributed by atoms with Crippen molar-refractivity contribution in [3.05, 3.63) is 24.5 Å². The lowest BCUT2D eigenvalue weighted by Gasteiger charge is -2.27. The van der Waals surface area contributed by atoms with E-state index in [0.717, 1.165) is 25.9 Å². The van der Waals surface area contributed by atoms with Gasteiger partial charge in [0.25, 0.3) is 0 Å². The van der Waals surface area contributed by atoms with Gasteiger partial charge < -0.3 is 19.9 Å². The highest BCUT2D eigenvalue weighted by molar-refractivity contribution is 5.88. The first-order chi connectivity index (χ1) is 11.7. The number of hydrogen-bond donors (Lipinski definition) is 1. The molecule has 0 unspecified atom stereocenters. The van der Waals surface area contributed by atoms with E-state index >= 15 is 0 Å². The highest BCUT2D eigenvalue weighted by atomic mass is 16.5. The second-order valence-electron chi connectivity index (χ2n) is 6.20. The van der Waals surface area contributed by atoms with Crippen molar-refractivity contribution in [1.29, 1.82) is 0 Å². The highest BCUT2D eigenvalue weighted by Gasteiger charge is 2.42. The molecule has 1 N–H and O–H groups in total. The smallest absolute Gasteiger partial charge is 0.318 e. The summed E-state index contributed by atoms with van der Waals surface area (Å²) >= 11 is 0. The van der Waals surface area contributed by atoms with Crippen LogP contribution in [0.3, 0.4) is 0 Å². The van der Waals surface area contributed by atoms with Crippen LogP contribution in [0.15, 0.2) is 24.5 Å². The molecule has 0 saturated carbocycles. The summed E-state index contributed by atoms with van der Waals surface area (Å²) in [4.78, 5) is 32.7. The summed E-state index contributed by atoms with van der Waals surface area (Å²) in [5, 5.41) is 2.80. The Morgan fingerprint density at radius 3 is 2.83 bits per heavy atom. The third kappa shape index (κ3) is 3.60. The Balaban J connectivity index is 1.71. The molecule has 7 nitrogen and oxygen atoms in total. The third-order valence-electron chi connectivity index (χ3n) is 4.49. The van der Waals surface area contributed by atoms with E-state index in [4.69, 9.17) is 4.74 Å². The molecule has 130 valence electrons. The second-order valence-corrected chi connectivity index (χ2v) is 6.20. The number of amides is 3. The molecule has 1 aromatic heterocycles. The van der Waals surface area contributed by atoms with Gasteiger partial charge in [0.1, 0.15) is 17.9 Å². The molecule has 3 amide bonds. The van der Waals surface area contributed by atoms with Crippen LogP contribution in [0, 0.1) is 0 Å². The maximum atomic E-state index is 12.8. The molecule has 2 aliphatic rings. The van der Waals surface area contributed by atoms with Crippen molar-refractivity contribution in [2.24, 2.45) is 0 Å². The Morgan fingerprint density at radius 2 is 2.17 bits per heavy atom. The molecule has 0 radical (unpaired) electrons. The highest BCUT2D eigenvalue weighted by Crippen LogP contribution is 2.25. The molecule has 0 bridgehead atoms. The average molecular weight is 332 g/mol. The predicted octanol–water partition coefficient (Wildman–Crippen LogP) is 1.26. The van der Waals surface area contributed by atoms with Crippen LogP contribution < -0.4 is 10.1 Å². The lowest BCUT2D eigenvalue weighted by molar-refractivity contribution is -0.134. The molecule has 2 atom stereocenters. The maximum Gasteiger partial charge on any atom is 0.318 e. The van der Waals surface area contributed by atoms with Crippen LogP contribution in [0.4, 0.5) is 4.79 Å². The summed E-state index contributed by atoms with van der Waals surface area (Å²) < 4.78 is 5.92. The van der Waals surface area contributed by atoms with Crippen molar-refractivity contribution in [3.63, 3.8) is 0 Å². The van der Waals surface area contributed by atoms with Gasteiger partial charge in [-0.25, -0.2) is 4.79 Å². The fourth-order valence-electron chi connectivity index (χ4n) is 3.35. The molecule has 3 heterocycles. The molecular formula is C17H24N4O3. The van der Waals surface area contributed by atoms with Crippen molar-refractivity contribution < 1.29 is 14.3 Å². The fourth-order valence-corrected chi connectivity index (χ4v) is 3.35. The first-order valence-electron chi connectivity index (χ1n) is 8.59. The number of aromatic nitrogens is 1. The van der Waals surface area contributed by atoms with Crippen LogP contribution in [0.5, 0.6) is 5.75 Å². The van der Waals surface area contributed by atoms with Gasteiger partial charge in [0, 0.05) is 32.3 Å². The molecule has 1 aromatic rings. The minimum absolute atomic E-state index is 0.0380. The molecule has 0 aliphatic carbocycles. The third-order valence-corrected chi connectivity index (χ3v) is 4.49. The SMILES string of the molecule is CCNC(=O)N1C[C@@H](Oc2cccnc2)C[C@H]1C(=O)N1CCCC1. The molecule has 2 fully saturated rings. The molecule has 0 aromatic carbocycles. The van der Waals surface area contributed by atoms with Crippen molar-refractivity contribution in [1.82, 2.24) is 20.1 Å². The van der Waals surface area contributed by atoms with E-state index in [1.807, 2.05) is 17.9 Å². The molecule has 2 aliphatic heterocycles. The van der Waals surface area contributed by atoms with Gasteiger partial charge in [-0.2, -0.15) is 0 Å². The largest absolute Gasteiger partial charge is 0.487 e. The number of carbonyl (C=O) groups is 2. The number of hydrogen-bond acceptors (Lipinski definition) is 4. The van der Waals surface area contributed by atoms with E-state index in [9.17, 15) is 9.59 Å². The minimum atomic E-state index is -0.448. The van der Waals surface area contributed by atoms with Crippen molar-refractivity contribution in [3.8, 4) is 5.75 Å². The Kier molecular flexibility index (Phi) is 5.17. The zero-order chi connectivity index (χ0) is 16.9. The zero-order valence-electron chi connectivity index (χ0n) is 14.0. The number of likely N-dealkylation sites (tertiary alicyclic amines) is 2. The number of rotatable bonds is 4. The van der Waals surface area contributed by atoms with Gasteiger partial charge in [-0.05, 0) is 31.9 Å². The van der Waals surface area contributed by atoms with Crippen LogP contribution in [0.25, 0.3) is 0 Å². The first kappa shape index (κ1) is 16.5. The number of nitrogens with zero attached hydrogens (tertiary/aromatic N) is 3. The van der Waals surface area contributed by atoms with Gasteiger partial charge in [0.2, 0.25) is 5.91 Å². The fraction of sp³-hybridized carbons (Fsp3) is 0.588. The normalized spacial score (nSPS) is 23.4.